The standard InChI is InChI=1S/C19H17Cl2N3O/c20-16-4-2-14(3-5-16)19(25)24-9-1-8-23(10-11-24)18-7-6-17(21)12-15(18)13-22/h2-7,12H,1,8-11H2. The van der Waals surface area contributed by atoms with Crippen LogP contribution < -0.4 is 4.90 Å². The summed E-state index contributed by atoms with van der Waals surface area (Å²) < 4.78 is 0. The minimum Gasteiger partial charge on any atom is -0.369 e. The summed E-state index contributed by atoms with van der Waals surface area (Å²) >= 11 is 11.9. The predicted octanol–water partition coefficient (Wildman–Crippen LogP) is 4.22. The van der Waals surface area contributed by atoms with E-state index in [1.165, 1.54) is 0 Å². The van der Waals surface area contributed by atoms with Gasteiger partial charge in [-0.05, 0) is 48.9 Å². The summed E-state index contributed by atoms with van der Waals surface area (Å²) in [6.45, 7) is 2.76. The van der Waals surface area contributed by atoms with Crippen molar-refractivity contribution in [2.75, 3.05) is 31.1 Å². The lowest BCUT2D eigenvalue weighted by atomic mass is 10.1. The van der Waals surface area contributed by atoms with Crippen molar-refractivity contribution in [2.45, 2.75) is 6.42 Å². The van der Waals surface area contributed by atoms with Crippen molar-refractivity contribution in [3.8, 4) is 6.07 Å². The summed E-state index contributed by atoms with van der Waals surface area (Å²) in [4.78, 5) is 16.7. The molecule has 1 heterocycles. The van der Waals surface area contributed by atoms with Gasteiger partial charge in [0.25, 0.3) is 5.91 Å². The number of nitrogens with zero attached hydrogens (tertiary/aromatic N) is 3. The molecule has 0 saturated carbocycles. The maximum absolute atomic E-state index is 12.7. The SMILES string of the molecule is N#Cc1cc(Cl)ccc1N1CCCN(C(=O)c2ccc(Cl)cc2)CC1. The van der Waals surface area contributed by atoms with Crippen LogP contribution in [0, 0.1) is 11.3 Å². The number of anilines is 1. The minimum absolute atomic E-state index is 0.00938. The Hall–Kier alpha value is -2.22. The number of rotatable bonds is 2. The number of hydrogen-bond donors (Lipinski definition) is 0. The van der Waals surface area contributed by atoms with Crippen LogP contribution in [0.5, 0.6) is 0 Å². The van der Waals surface area contributed by atoms with Crippen molar-refractivity contribution in [3.05, 3.63) is 63.6 Å². The summed E-state index contributed by atoms with van der Waals surface area (Å²) in [5.41, 5.74) is 2.07. The molecule has 0 aliphatic carbocycles. The molecule has 1 saturated heterocycles. The molecule has 2 aromatic rings. The number of halogens is 2. The monoisotopic (exact) mass is 373 g/mol. The van der Waals surface area contributed by atoms with E-state index in [1.54, 1.807) is 36.4 Å². The van der Waals surface area contributed by atoms with E-state index in [0.717, 1.165) is 18.7 Å². The number of amides is 1. The first-order valence-electron chi connectivity index (χ1n) is 8.08. The average Bonchev–Trinajstić information content (AvgIpc) is 2.87. The lowest BCUT2D eigenvalue weighted by Gasteiger charge is -2.24. The van der Waals surface area contributed by atoms with E-state index in [9.17, 15) is 10.1 Å². The lowest BCUT2D eigenvalue weighted by molar-refractivity contribution is 0.0767. The Morgan fingerprint density at radius 3 is 2.40 bits per heavy atom. The quantitative estimate of drug-likeness (QED) is 0.791. The summed E-state index contributed by atoms with van der Waals surface area (Å²) in [6.07, 6.45) is 0.840. The third-order valence-electron chi connectivity index (χ3n) is 4.29. The first-order valence-corrected chi connectivity index (χ1v) is 8.83. The van der Waals surface area contributed by atoms with Gasteiger partial charge in [0.15, 0.2) is 0 Å². The molecule has 0 radical (unpaired) electrons. The largest absolute Gasteiger partial charge is 0.369 e. The first kappa shape index (κ1) is 17.6. The van der Waals surface area contributed by atoms with Crippen LogP contribution in [0.4, 0.5) is 5.69 Å². The van der Waals surface area contributed by atoms with Crippen molar-refractivity contribution in [1.29, 1.82) is 5.26 Å². The normalized spacial score (nSPS) is 14.8. The van der Waals surface area contributed by atoms with Gasteiger partial charge in [-0.3, -0.25) is 4.79 Å². The Labute approximate surface area is 157 Å². The third-order valence-corrected chi connectivity index (χ3v) is 4.78. The predicted molar refractivity (Wildman–Crippen MR) is 100 cm³/mol. The summed E-state index contributed by atoms with van der Waals surface area (Å²) in [7, 11) is 0. The fourth-order valence-corrected chi connectivity index (χ4v) is 3.31. The highest BCUT2D eigenvalue weighted by molar-refractivity contribution is 6.31. The maximum Gasteiger partial charge on any atom is 0.253 e. The zero-order valence-electron chi connectivity index (χ0n) is 13.6. The zero-order chi connectivity index (χ0) is 17.8. The number of benzene rings is 2. The molecule has 0 spiro atoms. The lowest BCUT2D eigenvalue weighted by Crippen LogP contribution is -2.35. The van der Waals surface area contributed by atoms with Crippen LogP contribution in [-0.2, 0) is 0 Å². The van der Waals surface area contributed by atoms with E-state index in [4.69, 9.17) is 23.2 Å². The van der Waals surface area contributed by atoms with Gasteiger partial charge in [0.1, 0.15) is 6.07 Å². The Morgan fingerprint density at radius 2 is 1.68 bits per heavy atom. The van der Waals surface area contributed by atoms with Crippen LogP contribution >= 0.6 is 23.2 Å². The number of nitriles is 1. The molecule has 3 rings (SSSR count). The Morgan fingerprint density at radius 1 is 0.960 bits per heavy atom. The molecule has 25 heavy (non-hydrogen) atoms. The molecule has 0 aromatic heterocycles. The summed E-state index contributed by atoms with van der Waals surface area (Å²) in [5.74, 6) is 0.00938. The van der Waals surface area contributed by atoms with E-state index in [2.05, 4.69) is 11.0 Å². The third kappa shape index (κ3) is 4.07. The first-order chi connectivity index (χ1) is 12.1. The van der Waals surface area contributed by atoms with Crippen LogP contribution in [0.1, 0.15) is 22.3 Å². The van der Waals surface area contributed by atoms with Gasteiger partial charge in [0.05, 0.1) is 11.3 Å². The second-order valence-electron chi connectivity index (χ2n) is 5.91. The highest BCUT2D eigenvalue weighted by Crippen LogP contribution is 2.25. The highest BCUT2D eigenvalue weighted by Gasteiger charge is 2.21. The molecule has 1 fully saturated rings. The number of hydrogen-bond acceptors (Lipinski definition) is 3. The summed E-state index contributed by atoms with van der Waals surface area (Å²) in [6, 6.07) is 14.5. The van der Waals surface area contributed by atoms with Crippen molar-refractivity contribution < 1.29 is 4.79 Å². The molecule has 1 aliphatic heterocycles. The topological polar surface area (TPSA) is 47.3 Å². The molecule has 0 atom stereocenters. The Kier molecular flexibility index (Phi) is 5.47. The molecule has 0 N–H and O–H groups in total. The van der Waals surface area contributed by atoms with Crippen molar-refractivity contribution in [3.63, 3.8) is 0 Å². The van der Waals surface area contributed by atoms with Crippen LogP contribution in [0.25, 0.3) is 0 Å². The molecule has 0 unspecified atom stereocenters. The smallest absolute Gasteiger partial charge is 0.253 e. The van der Waals surface area contributed by atoms with Crippen LogP contribution in [-0.4, -0.2) is 37.0 Å². The van der Waals surface area contributed by atoms with Crippen molar-refractivity contribution in [2.24, 2.45) is 0 Å². The van der Waals surface area contributed by atoms with Gasteiger partial charge in [-0.25, -0.2) is 0 Å². The van der Waals surface area contributed by atoms with Gasteiger partial charge in [0, 0.05) is 41.8 Å². The highest BCUT2D eigenvalue weighted by atomic mass is 35.5. The molecular weight excluding hydrogens is 357 g/mol. The molecule has 128 valence electrons. The van der Waals surface area contributed by atoms with Gasteiger partial charge in [0.2, 0.25) is 0 Å². The van der Waals surface area contributed by atoms with Crippen molar-refractivity contribution >= 4 is 34.8 Å². The Balaban J connectivity index is 1.73. The molecular formula is C19H17Cl2N3O. The molecule has 2 aromatic carbocycles. The van der Waals surface area contributed by atoms with E-state index >= 15 is 0 Å². The second kappa shape index (κ2) is 7.77. The minimum atomic E-state index is 0.00938. The molecule has 4 nitrogen and oxygen atoms in total. The number of carbonyl (C=O) groups is 1. The van der Waals surface area contributed by atoms with E-state index in [0.29, 0.717) is 40.8 Å². The zero-order valence-corrected chi connectivity index (χ0v) is 15.1. The number of carbonyl (C=O) groups excluding carboxylic acids is 1. The van der Waals surface area contributed by atoms with Gasteiger partial charge < -0.3 is 9.80 Å². The molecule has 1 amide bonds. The van der Waals surface area contributed by atoms with Gasteiger partial charge in [-0.15, -0.1) is 0 Å². The van der Waals surface area contributed by atoms with E-state index in [1.807, 2.05) is 11.0 Å². The van der Waals surface area contributed by atoms with E-state index < -0.39 is 0 Å². The average molecular weight is 374 g/mol. The summed E-state index contributed by atoms with van der Waals surface area (Å²) in [5, 5.41) is 10.5. The molecule has 1 aliphatic rings. The fourth-order valence-electron chi connectivity index (χ4n) is 3.01. The molecule has 6 heteroatoms. The molecule has 0 bridgehead atoms. The van der Waals surface area contributed by atoms with Crippen LogP contribution in [0.3, 0.4) is 0 Å². The fraction of sp³-hybridized carbons (Fsp3) is 0.263. The Bertz CT molecular complexity index is 814. The van der Waals surface area contributed by atoms with Gasteiger partial charge in [-0.1, -0.05) is 23.2 Å². The van der Waals surface area contributed by atoms with Gasteiger partial charge >= 0.3 is 0 Å². The van der Waals surface area contributed by atoms with Gasteiger partial charge in [-0.2, -0.15) is 5.26 Å². The van der Waals surface area contributed by atoms with Crippen LogP contribution in [0.2, 0.25) is 10.0 Å². The van der Waals surface area contributed by atoms with E-state index in [-0.39, 0.29) is 5.91 Å². The maximum atomic E-state index is 12.7. The van der Waals surface area contributed by atoms with Crippen LogP contribution in [0.15, 0.2) is 42.5 Å². The van der Waals surface area contributed by atoms with Crippen molar-refractivity contribution in [1.82, 2.24) is 4.90 Å². The second-order valence-corrected chi connectivity index (χ2v) is 6.79.